The van der Waals surface area contributed by atoms with Crippen molar-refractivity contribution in [1.29, 1.82) is 0 Å². The fourth-order valence-electron chi connectivity index (χ4n) is 2.73. The molecular formula is C10H17NS. The molecule has 0 aromatic rings. The molecule has 1 aliphatic heterocycles. The van der Waals surface area contributed by atoms with Crippen LogP contribution in [0.2, 0.25) is 0 Å². The highest BCUT2D eigenvalue weighted by atomic mass is 32.1. The molecule has 0 spiro atoms. The Morgan fingerprint density at radius 1 is 1.33 bits per heavy atom. The molecule has 1 aliphatic carbocycles. The molecule has 0 radical (unpaired) electrons. The third-order valence-corrected chi connectivity index (χ3v) is 3.80. The number of rotatable bonds is 0. The maximum absolute atomic E-state index is 5.20. The molecule has 0 amide bonds. The SMILES string of the molecule is C[C@H]1CCC[C@@H]2NC(=S)CC[C@@H]21. The van der Waals surface area contributed by atoms with Crippen LogP contribution in [0.5, 0.6) is 0 Å². The van der Waals surface area contributed by atoms with Gasteiger partial charge in [0.25, 0.3) is 0 Å². The fourth-order valence-corrected chi connectivity index (χ4v) is 3.00. The van der Waals surface area contributed by atoms with Gasteiger partial charge < -0.3 is 5.32 Å². The second kappa shape index (κ2) is 3.33. The van der Waals surface area contributed by atoms with Gasteiger partial charge in [-0.05, 0) is 31.1 Å². The number of piperidine rings is 1. The summed E-state index contributed by atoms with van der Waals surface area (Å²) in [6.07, 6.45) is 6.61. The summed E-state index contributed by atoms with van der Waals surface area (Å²) in [6, 6.07) is 0.718. The van der Waals surface area contributed by atoms with Gasteiger partial charge in [-0.3, -0.25) is 0 Å². The van der Waals surface area contributed by atoms with Crippen molar-refractivity contribution in [3.8, 4) is 0 Å². The zero-order valence-electron chi connectivity index (χ0n) is 7.68. The van der Waals surface area contributed by atoms with Gasteiger partial charge in [0.15, 0.2) is 0 Å². The first-order chi connectivity index (χ1) is 5.77. The predicted molar refractivity (Wildman–Crippen MR) is 55.3 cm³/mol. The minimum Gasteiger partial charge on any atom is -0.377 e. The minimum absolute atomic E-state index is 0.718. The molecule has 1 saturated heterocycles. The molecule has 12 heavy (non-hydrogen) atoms. The van der Waals surface area contributed by atoms with Gasteiger partial charge in [-0.1, -0.05) is 32.0 Å². The molecule has 0 aromatic heterocycles. The van der Waals surface area contributed by atoms with Crippen molar-refractivity contribution in [2.75, 3.05) is 0 Å². The molecule has 2 heteroatoms. The molecule has 2 aliphatic rings. The molecule has 2 rings (SSSR count). The molecule has 68 valence electrons. The molecule has 0 aromatic carbocycles. The third kappa shape index (κ3) is 1.49. The van der Waals surface area contributed by atoms with E-state index in [0.717, 1.165) is 29.3 Å². The lowest BCUT2D eigenvalue weighted by Crippen LogP contribution is -2.48. The maximum atomic E-state index is 5.20. The van der Waals surface area contributed by atoms with Gasteiger partial charge in [-0.2, -0.15) is 0 Å². The number of hydrogen-bond donors (Lipinski definition) is 1. The molecule has 0 unspecified atom stereocenters. The standard InChI is InChI=1S/C10H17NS/c1-7-3-2-4-9-8(7)5-6-10(12)11-9/h7-9H,2-6H2,1H3,(H,11,12)/t7-,8+,9-/m0/s1. The summed E-state index contributed by atoms with van der Waals surface area (Å²) in [7, 11) is 0. The molecule has 1 saturated carbocycles. The van der Waals surface area contributed by atoms with Crippen molar-refractivity contribution in [2.24, 2.45) is 11.8 Å². The third-order valence-electron chi connectivity index (χ3n) is 3.47. The Kier molecular flexibility index (Phi) is 2.35. The second-order valence-electron chi connectivity index (χ2n) is 4.28. The maximum Gasteiger partial charge on any atom is 0.0755 e. The highest BCUT2D eigenvalue weighted by Crippen LogP contribution is 2.35. The Labute approximate surface area is 79.9 Å². The lowest BCUT2D eigenvalue weighted by molar-refractivity contribution is 0.185. The quantitative estimate of drug-likeness (QED) is 0.579. The van der Waals surface area contributed by atoms with Crippen LogP contribution in [0.15, 0.2) is 0 Å². The van der Waals surface area contributed by atoms with Crippen LogP contribution < -0.4 is 5.32 Å². The van der Waals surface area contributed by atoms with E-state index >= 15 is 0 Å². The van der Waals surface area contributed by atoms with Gasteiger partial charge in [-0.15, -0.1) is 0 Å². The van der Waals surface area contributed by atoms with Crippen molar-refractivity contribution in [3.63, 3.8) is 0 Å². The fraction of sp³-hybridized carbons (Fsp3) is 0.900. The molecule has 1 heterocycles. The Morgan fingerprint density at radius 3 is 3.00 bits per heavy atom. The first-order valence-corrected chi connectivity index (χ1v) is 5.47. The van der Waals surface area contributed by atoms with Crippen LogP contribution >= 0.6 is 12.2 Å². The van der Waals surface area contributed by atoms with E-state index in [1.165, 1.54) is 25.7 Å². The van der Waals surface area contributed by atoms with Gasteiger partial charge in [0.2, 0.25) is 0 Å². The molecule has 1 nitrogen and oxygen atoms in total. The van der Waals surface area contributed by atoms with Gasteiger partial charge in [0.1, 0.15) is 0 Å². The van der Waals surface area contributed by atoms with Crippen molar-refractivity contribution >= 4 is 17.2 Å². The summed E-state index contributed by atoms with van der Waals surface area (Å²) in [5.41, 5.74) is 0. The van der Waals surface area contributed by atoms with Crippen molar-refractivity contribution in [3.05, 3.63) is 0 Å². The monoisotopic (exact) mass is 183 g/mol. The zero-order chi connectivity index (χ0) is 8.55. The predicted octanol–water partition coefficient (Wildman–Crippen LogP) is 2.50. The topological polar surface area (TPSA) is 12.0 Å². The second-order valence-corrected chi connectivity index (χ2v) is 4.78. The smallest absolute Gasteiger partial charge is 0.0755 e. The Hall–Kier alpha value is -0.110. The number of nitrogens with one attached hydrogen (secondary N) is 1. The van der Waals surface area contributed by atoms with Crippen LogP contribution in [0.25, 0.3) is 0 Å². The van der Waals surface area contributed by atoms with Crippen molar-refractivity contribution in [1.82, 2.24) is 5.32 Å². The lowest BCUT2D eigenvalue weighted by Gasteiger charge is -2.41. The summed E-state index contributed by atoms with van der Waals surface area (Å²) in [4.78, 5) is 1.10. The first kappa shape index (κ1) is 8.49. The Bertz CT molecular complexity index is 190. The van der Waals surface area contributed by atoms with Gasteiger partial charge >= 0.3 is 0 Å². The van der Waals surface area contributed by atoms with Crippen LogP contribution in [0, 0.1) is 11.8 Å². The van der Waals surface area contributed by atoms with E-state index in [4.69, 9.17) is 12.2 Å². The van der Waals surface area contributed by atoms with Crippen LogP contribution in [-0.2, 0) is 0 Å². The van der Waals surface area contributed by atoms with Crippen LogP contribution in [0.3, 0.4) is 0 Å². The average Bonchev–Trinajstić information content (AvgIpc) is 2.04. The summed E-state index contributed by atoms with van der Waals surface area (Å²) >= 11 is 5.20. The number of hydrogen-bond acceptors (Lipinski definition) is 1. The number of fused-ring (bicyclic) bond motifs is 1. The van der Waals surface area contributed by atoms with E-state index in [1.807, 2.05) is 0 Å². The minimum atomic E-state index is 0.718. The Morgan fingerprint density at radius 2 is 2.17 bits per heavy atom. The van der Waals surface area contributed by atoms with Crippen LogP contribution in [-0.4, -0.2) is 11.0 Å². The van der Waals surface area contributed by atoms with Crippen molar-refractivity contribution in [2.45, 2.75) is 45.1 Å². The number of thiocarbonyl (C=S) groups is 1. The van der Waals surface area contributed by atoms with Crippen LogP contribution in [0.4, 0.5) is 0 Å². The van der Waals surface area contributed by atoms with Crippen LogP contribution in [0.1, 0.15) is 39.0 Å². The molecule has 0 bridgehead atoms. The van der Waals surface area contributed by atoms with E-state index in [0.29, 0.717) is 0 Å². The highest BCUT2D eigenvalue weighted by molar-refractivity contribution is 7.80. The van der Waals surface area contributed by atoms with E-state index in [2.05, 4.69) is 12.2 Å². The molecule has 2 fully saturated rings. The molecule has 3 atom stereocenters. The largest absolute Gasteiger partial charge is 0.377 e. The Balaban J connectivity index is 2.04. The van der Waals surface area contributed by atoms with Gasteiger partial charge in [-0.25, -0.2) is 0 Å². The molecule has 1 N–H and O–H groups in total. The molecular weight excluding hydrogens is 166 g/mol. The first-order valence-electron chi connectivity index (χ1n) is 5.07. The van der Waals surface area contributed by atoms with E-state index < -0.39 is 0 Å². The van der Waals surface area contributed by atoms with Crippen molar-refractivity contribution < 1.29 is 0 Å². The van der Waals surface area contributed by atoms with E-state index in [9.17, 15) is 0 Å². The average molecular weight is 183 g/mol. The summed E-state index contributed by atoms with van der Waals surface area (Å²) < 4.78 is 0. The zero-order valence-corrected chi connectivity index (χ0v) is 8.49. The van der Waals surface area contributed by atoms with E-state index in [1.54, 1.807) is 0 Å². The summed E-state index contributed by atoms with van der Waals surface area (Å²) in [5, 5.41) is 3.48. The van der Waals surface area contributed by atoms with Gasteiger partial charge in [0, 0.05) is 6.04 Å². The lowest BCUT2D eigenvalue weighted by atomic mass is 9.73. The highest BCUT2D eigenvalue weighted by Gasteiger charge is 2.33. The van der Waals surface area contributed by atoms with Gasteiger partial charge in [0.05, 0.1) is 4.99 Å². The normalized spacial score (nSPS) is 41.8. The summed E-state index contributed by atoms with van der Waals surface area (Å²) in [6.45, 7) is 2.40. The van der Waals surface area contributed by atoms with E-state index in [-0.39, 0.29) is 0 Å². The summed E-state index contributed by atoms with van der Waals surface area (Å²) in [5.74, 6) is 1.82.